The number of nitrogens with zero attached hydrogens (tertiary/aromatic N) is 3. The number of carbonyl (C=O) groups is 2. The van der Waals surface area contributed by atoms with Gasteiger partial charge in [-0.15, -0.1) is 11.3 Å². The Balaban J connectivity index is 1.71. The lowest BCUT2D eigenvalue weighted by atomic mass is 10.1. The van der Waals surface area contributed by atoms with Crippen molar-refractivity contribution in [3.8, 4) is 0 Å². The first kappa shape index (κ1) is 19.6. The highest BCUT2D eigenvalue weighted by molar-refractivity contribution is 7.99. The van der Waals surface area contributed by atoms with Gasteiger partial charge in [-0.05, 0) is 13.3 Å². The number of anilines is 1. The largest absolute Gasteiger partial charge is 0.359 e. The highest BCUT2D eigenvalue weighted by Crippen LogP contribution is 2.27. The fraction of sp³-hybridized carbons (Fsp3) is 0.471. The molecule has 0 aromatic carbocycles. The number of likely N-dealkylation sites (N-methyl/N-ethyl adjacent to an activating group) is 1. The van der Waals surface area contributed by atoms with Gasteiger partial charge < -0.3 is 10.6 Å². The van der Waals surface area contributed by atoms with Crippen molar-refractivity contribution in [3.05, 3.63) is 32.7 Å². The Labute approximate surface area is 164 Å². The van der Waals surface area contributed by atoms with Crippen molar-refractivity contribution in [1.29, 1.82) is 0 Å². The highest BCUT2D eigenvalue weighted by atomic mass is 32.2. The second kappa shape index (κ2) is 8.22. The Morgan fingerprint density at radius 1 is 1.37 bits per heavy atom. The normalized spacial score (nSPS) is 15.9. The van der Waals surface area contributed by atoms with Gasteiger partial charge in [-0.2, -0.15) is 0 Å². The third-order valence-corrected chi connectivity index (χ3v) is 6.32. The molecule has 0 spiro atoms. The molecule has 0 bridgehead atoms. The van der Waals surface area contributed by atoms with Gasteiger partial charge in [-0.3, -0.25) is 19.0 Å². The molecule has 27 heavy (non-hydrogen) atoms. The lowest BCUT2D eigenvalue weighted by Gasteiger charge is -2.24. The highest BCUT2D eigenvalue weighted by Gasteiger charge is 2.28. The molecule has 1 aliphatic rings. The maximum atomic E-state index is 12.7. The van der Waals surface area contributed by atoms with Crippen molar-refractivity contribution in [1.82, 2.24) is 19.9 Å². The number of fused-ring (bicyclic) bond motifs is 1. The number of carbonyl (C=O) groups excluding carboxylic acids is 2. The van der Waals surface area contributed by atoms with Crippen LogP contribution in [0.4, 0.5) is 5.13 Å². The quantitative estimate of drug-likeness (QED) is 0.722. The first-order chi connectivity index (χ1) is 12.9. The van der Waals surface area contributed by atoms with Crippen LogP contribution in [-0.2, 0) is 29.0 Å². The van der Waals surface area contributed by atoms with Crippen molar-refractivity contribution in [2.45, 2.75) is 38.4 Å². The van der Waals surface area contributed by atoms with Crippen molar-refractivity contribution in [2.24, 2.45) is 5.92 Å². The summed E-state index contributed by atoms with van der Waals surface area (Å²) in [6.45, 7) is 4.08. The number of thioether (sulfide) groups is 1. The van der Waals surface area contributed by atoms with Crippen LogP contribution in [0.3, 0.4) is 0 Å². The van der Waals surface area contributed by atoms with E-state index in [0.717, 1.165) is 5.69 Å². The van der Waals surface area contributed by atoms with Gasteiger partial charge >= 0.3 is 0 Å². The van der Waals surface area contributed by atoms with E-state index in [-0.39, 0.29) is 29.7 Å². The topological polar surface area (TPSA) is 106 Å². The molecule has 3 rings (SSSR count). The van der Waals surface area contributed by atoms with Crippen LogP contribution in [0.2, 0.25) is 0 Å². The molecule has 2 N–H and O–H groups in total. The van der Waals surface area contributed by atoms with Crippen LogP contribution >= 0.6 is 23.1 Å². The zero-order valence-electron chi connectivity index (χ0n) is 15.4. The minimum Gasteiger partial charge on any atom is -0.359 e. The van der Waals surface area contributed by atoms with Crippen LogP contribution in [0.1, 0.15) is 23.9 Å². The van der Waals surface area contributed by atoms with Gasteiger partial charge in [0.1, 0.15) is 0 Å². The first-order valence-corrected chi connectivity index (χ1v) is 10.5. The average molecular weight is 408 g/mol. The second-order valence-electron chi connectivity index (χ2n) is 6.22. The van der Waals surface area contributed by atoms with E-state index < -0.39 is 0 Å². The zero-order valence-corrected chi connectivity index (χ0v) is 17.0. The minimum absolute atomic E-state index is 0.0629. The Hall–Kier alpha value is -2.20. The number of aromatic nitrogens is 3. The molecular formula is C17H21N5O3S2. The van der Waals surface area contributed by atoms with Gasteiger partial charge in [0.15, 0.2) is 10.3 Å². The van der Waals surface area contributed by atoms with E-state index in [4.69, 9.17) is 0 Å². The molecule has 0 aliphatic carbocycles. The van der Waals surface area contributed by atoms with Crippen molar-refractivity contribution in [2.75, 3.05) is 18.1 Å². The molecule has 2 aromatic rings. The summed E-state index contributed by atoms with van der Waals surface area (Å²) in [6, 6.07) is 0. The number of thiazole rings is 1. The smallest absolute Gasteiger partial charge is 0.257 e. The third kappa shape index (κ3) is 4.22. The third-order valence-electron chi connectivity index (χ3n) is 4.38. The van der Waals surface area contributed by atoms with E-state index in [1.807, 2.05) is 13.8 Å². The molecule has 2 aromatic heterocycles. The van der Waals surface area contributed by atoms with Gasteiger partial charge in [-0.1, -0.05) is 18.7 Å². The van der Waals surface area contributed by atoms with Crippen LogP contribution in [0.15, 0.2) is 15.3 Å². The molecule has 0 radical (unpaired) electrons. The summed E-state index contributed by atoms with van der Waals surface area (Å²) in [4.78, 5) is 45.5. The van der Waals surface area contributed by atoms with E-state index in [0.29, 0.717) is 40.3 Å². The van der Waals surface area contributed by atoms with Gasteiger partial charge in [0.05, 0.1) is 18.0 Å². The fourth-order valence-electron chi connectivity index (χ4n) is 2.87. The van der Waals surface area contributed by atoms with Gasteiger partial charge in [0, 0.05) is 36.0 Å². The number of aryl methyl sites for hydroxylation is 1. The van der Waals surface area contributed by atoms with Gasteiger partial charge in [-0.25, -0.2) is 9.97 Å². The molecule has 144 valence electrons. The molecule has 1 atom stereocenters. The van der Waals surface area contributed by atoms with E-state index in [1.54, 1.807) is 17.0 Å². The maximum absolute atomic E-state index is 12.7. The summed E-state index contributed by atoms with van der Waals surface area (Å²) in [6.07, 6.45) is 0.794. The Morgan fingerprint density at radius 3 is 2.85 bits per heavy atom. The first-order valence-electron chi connectivity index (χ1n) is 8.61. The fourth-order valence-corrected chi connectivity index (χ4v) is 4.70. The predicted molar refractivity (Wildman–Crippen MR) is 105 cm³/mol. The van der Waals surface area contributed by atoms with E-state index in [9.17, 15) is 14.4 Å². The molecule has 1 aliphatic heterocycles. The summed E-state index contributed by atoms with van der Waals surface area (Å²) in [5.41, 5.74) is 2.00. The van der Waals surface area contributed by atoms with E-state index in [2.05, 4.69) is 20.6 Å². The van der Waals surface area contributed by atoms with E-state index >= 15 is 0 Å². The minimum atomic E-state index is -0.347. The van der Waals surface area contributed by atoms with Crippen molar-refractivity contribution in [3.63, 3.8) is 0 Å². The molecule has 8 nitrogen and oxygen atoms in total. The zero-order chi connectivity index (χ0) is 19.6. The molecular weight excluding hydrogens is 386 g/mol. The monoisotopic (exact) mass is 407 g/mol. The Kier molecular flexibility index (Phi) is 5.95. The second-order valence-corrected chi connectivity index (χ2v) is 8.06. The molecule has 2 amide bonds. The molecule has 0 fully saturated rings. The predicted octanol–water partition coefficient (Wildman–Crippen LogP) is 1.22. The number of amides is 2. The molecule has 0 saturated carbocycles. The molecule has 3 heterocycles. The lowest BCUT2D eigenvalue weighted by molar-refractivity contribution is -0.120. The molecule has 1 unspecified atom stereocenters. The van der Waals surface area contributed by atoms with Gasteiger partial charge in [0.2, 0.25) is 11.8 Å². The van der Waals surface area contributed by atoms with Crippen LogP contribution in [0, 0.1) is 12.8 Å². The van der Waals surface area contributed by atoms with Crippen LogP contribution in [0.5, 0.6) is 0 Å². The van der Waals surface area contributed by atoms with Crippen molar-refractivity contribution < 1.29 is 9.59 Å². The van der Waals surface area contributed by atoms with Crippen LogP contribution < -0.4 is 16.2 Å². The maximum Gasteiger partial charge on any atom is 0.257 e. The summed E-state index contributed by atoms with van der Waals surface area (Å²) >= 11 is 2.70. The molecule has 10 heteroatoms. The summed E-state index contributed by atoms with van der Waals surface area (Å²) in [5, 5.41) is 8.22. The number of hydrogen-bond donors (Lipinski definition) is 2. The average Bonchev–Trinajstić information content (AvgIpc) is 3.08. The Bertz CT molecular complexity index is 937. The summed E-state index contributed by atoms with van der Waals surface area (Å²) in [7, 11) is 1.57. The van der Waals surface area contributed by atoms with Crippen LogP contribution in [-0.4, -0.2) is 39.1 Å². The Morgan fingerprint density at radius 2 is 2.15 bits per heavy atom. The summed E-state index contributed by atoms with van der Waals surface area (Å²) < 4.78 is 1.60. The van der Waals surface area contributed by atoms with E-state index in [1.165, 1.54) is 23.1 Å². The van der Waals surface area contributed by atoms with Crippen molar-refractivity contribution >= 4 is 40.0 Å². The number of rotatable bonds is 5. The van der Waals surface area contributed by atoms with Gasteiger partial charge in [0.25, 0.3) is 5.56 Å². The number of hydrogen-bond acceptors (Lipinski definition) is 7. The SMILES string of the molecule is CCc1c(C)nc2n(c1=O)CC(C(=O)Nc1nc(CC(=O)NC)cs1)CS2. The standard InChI is InChI=1S/C17H21N5O3S2/c1-4-12-9(2)19-17-22(15(12)25)6-10(7-27-17)14(24)21-16-20-11(8-26-16)5-13(23)18-3/h8,10H,4-7H2,1-3H3,(H,18,23)(H,20,21,24). The summed E-state index contributed by atoms with van der Waals surface area (Å²) in [5.74, 6) is -0.104. The lowest BCUT2D eigenvalue weighted by Crippen LogP contribution is -2.38. The number of nitrogens with one attached hydrogen (secondary N) is 2. The molecule has 0 saturated heterocycles. The van der Waals surface area contributed by atoms with Crippen LogP contribution in [0.25, 0.3) is 0 Å².